The molecule has 0 unspecified atom stereocenters. The van der Waals surface area contributed by atoms with Gasteiger partial charge in [-0.05, 0) is 24.6 Å². The van der Waals surface area contributed by atoms with Crippen molar-refractivity contribution in [1.29, 1.82) is 0 Å². The predicted molar refractivity (Wildman–Crippen MR) is 62.3 cm³/mol. The van der Waals surface area contributed by atoms with Crippen LogP contribution in [0.15, 0.2) is 24.5 Å². The Morgan fingerprint density at radius 2 is 2.24 bits per heavy atom. The van der Waals surface area contributed by atoms with Crippen LogP contribution in [0.3, 0.4) is 0 Å². The second-order valence-corrected chi connectivity index (χ2v) is 4.25. The number of hydrogen-bond acceptors (Lipinski definition) is 4. The first-order valence-electron chi connectivity index (χ1n) is 5.57. The van der Waals surface area contributed by atoms with Gasteiger partial charge in [-0.3, -0.25) is 0 Å². The zero-order chi connectivity index (χ0) is 11.8. The number of nitrogens with zero attached hydrogens (tertiary/aromatic N) is 3. The van der Waals surface area contributed by atoms with Crippen LogP contribution in [0.1, 0.15) is 6.42 Å². The van der Waals surface area contributed by atoms with E-state index in [1.807, 2.05) is 4.90 Å². The maximum Gasteiger partial charge on any atom is 0.140 e. The Morgan fingerprint density at radius 1 is 1.35 bits per heavy atom. The largest absolute Gasteiger partial charge is 0.391 e. The minimum Gasteiger partial charge on any atom is -0.391 e. The summed E-state index contributed by atoms with van der Waals surface area (Å²) >= 11 is 0. The van der Waals surface area contributed by atoms with Gasteiger partial charge in [-0.1, -0.05) is 0 Å². The van der Waals surface area contributed by atoms with Gasteiger partial charge in [0.15, 0.2) is 0 Å². The molecule has 1 aromatic heterocycles. The summed E-state index contributed by atoms with van der Waals surface area (Å²) in [7, 11) is 0. The van der Waals surface area contributed by atoms with E-state index in [9.17, 15) is 9.50 Å². The van der Waals surface area contributed by atoms with Crippen LogP contribution in [0.5, 0.6) is 0 Å². The van der Waals surface area contributed by atoms with Crippen molar-refractivity contribution < 1.29 is 9.50 Å². The molecule has 0 radical (unpaired) electrons. The van der Waals surface area contributed by atoms with Crippen LogP contribution in [0, 0.1) is 5.82 Å². The molecule has 0 aliphatic carbocycles. The van der Waals surface area contributed by atoms with Gasteiger partial charge < -0.3 is 10.0 Å². The molecule has 1 N–H and O–H groups in total. The molecule has 5 heteroatoms. The van der Waals surface area contributed by atoms with Crippen molar-refractivity contribution in [3.05, 3.63) is 30.3 Å². The van der Waals surface area contributed by atoms with E-state index in [0.717, 1.165) is 18.5 Å². The normalized spacial score (nSPS) is 20.1. The van der Waals surface area contributed by atoms with Crippen LogP contribution in [-0.4, -0.2) is 34.3 Å². The van der Waals surface area contributed by atoms with Crippen molar-refractivity contribution in [1.82, 2.24) is 9.97 Å². The van der Waals surface area contributed by atoms with Gasteiger partial charge >= 0.3 is 0 Å². The Kier molecular flexibility index (Phi) is 2.40. The highest BCUT2D eigenvalue weighted by molar-refractivity contribution is 5.89. The molecule has 17 heavy (non-hydrogen) atoms. The maximum atomic E-state index is 13.3. The fourth-order valence-electron chi connectivity index (χ4n) is 2.20. The molecule has 2 aromatic rings. The summed E-state index contributed by atoms with van der Waals surface area (Å²) in [6.07, 6.45) is 1.87. The van der Waals surface area contributed by atoms with E-state index in [2.05, 4.69) is 9.97 Å². The number of halogens is 1. The average Bonchev–Trinajstić information content (AvgIpc) is 2.75. The summed E-state index contributed by atoms with van der Waals surface area (Å²) in [6.45, 7) is 1.28. The van der Waals surface area contributed by atoms with Crippen molar-refractivity contribution in [3.8, 4) is 0 Å². The SMILES string of the molecule is O[C@H]1CCN(c2ncnc3ccc(F)cc23)C1. The number of fused-ring (bicyclic) bond motifs is 1. The Hall–Kier alpha value is -1.75. The summed E-state index contributed by atoms with van der Waals surface area (Å²) in [4.78, 5) is 10.3. The first kappa shape index (κ1) is 10.4. The molecule has 0 amide bonds. The average molecular weight is 233 g/mol. The van der Waals surface area contributed by atoms with Gasteiger partial charge in [-0.2, -0.15) is 0 Å². The molecular weight excluding hydrogens is 221 g/mol. The van der Waals surface area contributed by atoms with Gasteiger partial charge in [0.1, 0.15) is 18.0 Å². The fourth-order valence-corrected chi connectivity index (χ4v) is 2.20. The number of rotatable bonds is 1. The van der Waals surface area contributed by atoms with Crippen LogP contribution in [0.2, 0.25) is 0 Å². The third kappa shape index (κ3) is 1.82. The number of β-amino-alcohol motifs (C(OH)–C–C–N with tert-alkyl or cyclic N) is 1. The third-order valence-electron chi connectivity index (χ3n) is 3.04. The zero-order valence-electron chi connectivity index (χ0n) is 9.17. The lowest BCUT2D eigenvalue weighted by Crippen LogP contribution is -2.22. The standard InChI is InChI=1S/C12H12FN3O/c13-8-1-2-11-10(5-8)12(15-7-14-11)16-4-3-9(17)6-16/h1-2,5,7,9,17H,3-4,6H2/t9-/m0/s1. The van der Waals surface area contributed by atoms with Crippen LogP contribution in [0.4, 0.5) is 10.2 Å². The van der Waals surface area contributed by atoms with E-state index in [4.69, 9.17) is 0 Å². The highest BCUT2D eigenvalue weighted by Gasteiger charge is 2.23. The zero-order valence-corrected chi connectivity index (χ0v) is 9.17. The molecule has 4 nitrogen and oxygen atoms in total. The highest BCUT2D eigenvalue weighted by atomic mass is 19.1. The van der Waals surface area contributed by atoms with Gasteiger partial charge in [0.05, 0.1) is 11.6 Å². The minimum absolute atomic E-state index is 0.298. The molecule has 0 bridgehead atoms. The second-order valence-electron chi connectivity index (χ2n) is 4.25. The lowest BCUT2D eigenvalue weighted by atomic mass is 10.2. The van der Waals surface area contributed by atoms with Gasteiger partial charge in [0.25, 0.3) is 0 Å². The number of anilines is 1. The van der Waals surface area contributed by atoms with Crippen molar-refractivity contribution in [2.75, 3.05) is 18.0 Å². The highest BCUT2D eigenvalue weighted by Crippen LogP contribution is 2.26. The predicted octanol–water partition coefficient (Wildman–Crippen LogP) is 1.34. The molecule has 88 valence electrons. The number of aliphatic hydroxyl groups excluding tert-OH is 1. The summed E-state index contributed by atoms with van der Waals surface area (Å²) in [5.41, 5.74) is 0.720. The minimum atomic E-state index is -0.325. The van der Waals surface area contributed by atoms with Gasteiger partial charge in [0.2, 0.25) is 0 Å². The Bertz CT molecular complexity index is 560. The molecule has 1 saturated heterocycles. The molecule has 0 saturated carbocycles. The Balaban J connectivity index is 2.12. The molecular formula is C12H12FN3O. The molecule has 3 rings (SSSR count). The van der Waals surface area contributed by atoms with E-state index >= 15 is 0 Å². The first-order chi connectivity index (χ1) is 8.24. The molecule has 2 heterocycles. The molecule has 1 aromatic carbocycles. The van der Waals surface area contributed by atoms with Gasteiger partial charge in [-0.15, -0.1) is 0 Å². The summed E-state index contributed by atoms with van der Waals surface area (Å²) < 4.78 is 13.3. The molecule has 1 fully saturated rings. The quantitative estimate of drug-likeness (QED) is 0.807. The number of hydrogen-bond donors (Lipinski definition) is 1. The van der Waals surface area contributed by atoms with Crippen molar-refractivity contribution in [2.24, 2.45) is 0 Å². The number of benzene rings is 1. The van der Waals surface area contributed by atoms with E-state index in [1.165, 1.54) is 18.5 Å². The van der Waals surface area contributed by atoms with Crippen LogP contribution < -0.4 is 4.90 Å². The van der Waals surface area contributed by atoms with Crippen molar-refractivity contribution in [2.45, 2.75) is 12.5 Å². The van der Waals surface area contributed by atoms with E-state index < -0.39 is 0 Å². The third-order valence-corrected chi connectivity index (χ3v) is 3.04. The van der Waals surface area contributed by atoms with Gasteiger partial charge in [-0.25, -0.2) is 14.4 Å². The van der Waals surface area contributed by atoms with Crippen molar-refractivity contribution >= 4 is 16.7 Å². The fraction of sp³-hybridized carbons (Fsp3) is 0.333. The molecule has 1 atom stereocenters. The molecule has 1 aliphatic heterocycles. The monoisotopic (exact) mass is 233 g/mol. The van der Waals surface area contributed by atoms with Crippen molar-refractivity contribution in [3.63, 3.8) is 0 Å². The summed E-state index contributed by atoms with van der Waals surface area (Å²) in [5.74, 6) is 0.402. The first-order valence-corrected chi connectivity index (χ1v) is 5.57. The summed E-state index contributed by atoms with van der Waals surface area (Å²) in [6, 6.07) is 4.47. The second kappa shape index (κ2) is 3.92. The summed E-state index contributed by atoms with van der Waals surface area (Å²) in [5, 5.41) is 10.2. The smallest absolute Gasteiger partial charge is 0.140 e. The van der Waals surface area contributed by atoms with E-state index in [0.29, 0.717) is 17.7 Å². The number of aliphatic hydroxyl groups is 1. The Labute approximate surface area is 97.7 Å². The maximum absolute atomic E-state index is 13.3. The van der Waals surface area contributed by atoms with E-state index in [-0.39, 0.29) is 11.9 Å². The van der Waals surface area contributed by atoms with Crippen LogP contribution in [0.25, 0.3) is 10.9 Å². The Morgan fingerprint density at radius 3 is 3.00 bits per heavy atom. The number of aromatic nitrogens is 2. The van der Waals surface area contributed by atoms with Gasteiger partial charge in [0, 0.05) is 18.5 Å². The van der Waals surface area contributed by atoms with Crippen LogP contribution >= 0.6 is 0 Å². The lowest BCUT2D eigenvalue weighted by Gasteiger charge is -2.17. The van der Waals surface area contributed by atoms with Crippen LogP contribution in [-0.2, 0) is 0 Å². The lowest BCUT2D eigenvalue weighted by molar-refractivity contribution is 0.198. The molecule has 1 aliphatic rings. The topological polar surface area (TPSA) is 49.2 Å². The molecule has 0 spiro atoms. The van der Waals surface area contributed by atoms with E-state index in [1.54, 1.807) is 6.07 Å².